The predicted octanol–water partition coefficient (Wildman–Crippen LogP) is 5.17. The minimum absolute atomic E-state index is 0.0476. The Morgan fingerprint density at radius 2 is 1.60 bits per heavy atom. The molecule has 6 nitrogen and oxygen atoms in total. The second kappa shape index (κ2) is 10.2. The maximum atomic E-state index is 12.4. The van der Waals surface area contributed by atoms with Gasteiger partial charge in [-0.15, -0.1) is 13.2 Å². The molecule has 4 rings (SSSR count). The number of fused-ring (bicyclic) bond motifs is 3. The molecule has 0 fully saturated rings. The molecule has 1 amide bonds. The van der Waals surface area contributed by atoms with Crippen molar-refractivity contribution in [3.05, 3.63) is 88.4 Å². The van der Waals surface area contributed by atoms with E-state index in [1.807, 2.05) is 48.5 Å². The largest absolute Gasteiger partial charge is 0.573 e. The molecular formula is C25H21ClF3NO5. The summed E-state index contributed by atoms with van der Waals surface area (Å²) in [6.45, 7) is -0.287. The number of hydrogen-bond acceptors (Lipinski definition) is 5. The summed E-state index contributed by atoms with van der Waals surface area (Å²) in [6, 6.07) is 18.8. The summed E-state index contributed by atoms with van der Waals surface area (Å²) in [5.74, 6) is -0.774. The number of aliphatic hydroxyl groups excluding tert-OH is 2. The zero-order chi connectivity index (χ0) is 25.2. The number of alkyl carbamates (subject to hydrolysis) is 1. The number of aliphatic hydroxyl groups is 2. The van der Waals surface area contributed by atoms with Crippen molar-refractivity contribution in [2.45, 2.75) is 24.5 Å². The van der Waals surface area contributed by atoms with Crippen LogP contribution >= 0.6 is 11.6 Å². The number of rotatable bonds is 7. The standard InChI is InChI=1S/C25H21ClF3NO5/c26-20-11-14(9-10-22(20)35-25(27,28)29)23(32)21(31)12-30-24(33)34-13-19-17-7-3-1-5-15(17)16-6-2-4-8-18(16)19/h1-11,19,21,23,31-32H,12-13H2,(H,30,33). The van der Waals surface area contributed by atoms with Crippen molar-refractivity contribution in [2.24, 2.45) is 0 Å². The van der Waals surface area contributed by atoms with Crippen molar-refractivity contribution in [2.75, 3.05) is 13.2 Å². The van der Waals surface area contributed by atoms with Crippen LogP contribution in [0.5, 0.6) is 5.75 Å². The van der Waals surface area contributed by atoms with E-state index in [1.165, 1.54) is 0 Å². The van der Waals surface area contributed by atoms with Gasteiger partial charge in [0.15, 0.2) is 0 Å². The zero-order valence-electron chi connectivity index (χ0n) is 18.1. The maximum absolute atomic E-state index is 12.4. The van der Waals surface area contributed by atoms with Crippen LogP contribution in [0.25, 0.3) is 11.1 Å². The van der Waals surface area contributed by atoms with Crippen LogP contribution in [-0.2, 0) is 4.74 Å². The highest BCUT2D eigenvalue weighted by Gasteiger charge is 2.32. The number of benzene rings is 3. The lowest BCUT2D eigenvalue weighted by Crippen LogP contribution is -2.36. The van der Waals surface area contributed by atoms with Gasteiger partial charge in [0, 0.05) is 12.5 Å². The minimum Gasteiger partial charge on any atom is -0.449 e. The molecule has 35 heavy (non-hydrogen) atoms. The van der Waals surface area contributed by atoms with Gasteiger partial charge in [-0.3, -0.25) is 0 Å². The second-order valence-electron chi connectivity index (χ2n) is 7.96. The fourth-order valence-corrected chi connectivity index (χ4v) is 4.31. The van der Waals surface area contributed by atoms with Crippen LogP contribution in [0.3, 0.4) is 0 Å². The van der Waals surface area contributed by atoms with Crippen molar-refractivity contribution in [1.82, 2.24) is 5.32 Å². The molecule has 10 heteroatoms. The molecule has 0 heterocycles. The second-order valence-corrected chi connectivity index (χ2v) is 8.36. The Labute approximate surface area is 203 Å². The van der Waals surface area contributed by atoms with Gasteiger partial charge in [0.2, 0.25) is 0 Å². The number of carbonyl (C=O) groups excluding carboxylic acids is 1. The Balaban J connectivity index is 1.32. The highest BCUT2D eigenvalue weighted by atomic mass is 35.5. The molecule has 3 aromatic rings. The van der Waals surface area contributed by atoms with Gasteiger partial charge in [-0.25, -0.2) is 4.79 Å². The molecular weight excluding hydrogens is 487 g/mol. The maximum Gasteiger partial charge on any atom is 0.573 e. The first-order valence-electron chi connectivity index (χ1n) is 10.6. The molecule has 1 aliphatic carbocycles. The van der Waals surface area contributed by atoms with Gasteiger partial charge in [0.05, 0.1) is 5.02 Å². The molecule has 184 valence electrons. The van der Waals surface area contributed by atoms with E-state index in [2.05, 4.69) is 10.1 Å². The van der Waals surface area contributed by atoms with E-state index in [9.17, 15) is 28.2 Å². The molecule has 0 bridgehead atoms. The van der Waals surface area contributed by atoms with Crippen LogP contribution < -0.4 is 10.1 Å². The molecule has 2 atom stereocenters. The normalized spacial score (nSPS) is 14.6. The lowest BCUT2D eigenvalue weighted by Gasteiger charge is -2.20. The highest BCUT2D eigenvalue weighted by molar-refractivity contribution is 6.32. The van der Waals surface area contributed by atoms with Gasteiger partial charge in [-0.05, 0) is 39.9 Å². The predicted molar refractivity (Wildman–Crippen MR) is 122 cm³/mol. The number of hydrogen-bond donors (Lipinski definition) is 3. The fraction of sp³-hybridized carbons (Fsp3) is 0.240. The lowest BCUT2D eigenvalue weighted by molar-refractivity contribution is -0.274. The average molecular weight is 508 g/mol. The van der Waals surface area contributed by atoms with Crippen molar-refractivity contribution >= 4 is 17.7 Å². The van der Waals surface area contributed by atoms with E-state index in [0.717, 1.165) is 40.5 Å². The van der Waals surface area contributed by atoms with E-state index in [1.54, 1.807) is 0 Å². The molecule has 0 spiro atoms. The van der Waals surface area contributed by atoms with Gasteiger partial charge in [-0.1, -0.05) is 66.2 Å². The summed E-state index contributed by atoms with van der Waals surface area (Å²) in [6.07, 6.45) is -8.71. The molecule has 0 aromatic heterocycles. The van der Waals surface area contributed by atoms with E-state index < -0.39 is 35.4 Å². The average Bonchev–Trinajstić information content (AvgIpc) is 3.15. The van der Waals surface area contributed by atoms with Crippen LogP contribution in [-0.4, -0.2) is 41.9 Å². The first-order chi connectivity index (χ1) is 16.6. The van der Waals surface area contributed by atoms with Gasteiger partial charge < -0.3 is 25.0 Å². The van der Waals surface area contributed by atoms with E-state index in [-0.39, 0.29) is 24.6 Å². The number of halogens is 4. The number of carbonyl (C=O) groups is 1. The summed E-state index contributed by atoms with van der Waals surface area (Å²) < 4.78 is 46.3. The third-order valence-electron chi connectivity index (χ3n) is 5.69. The van der Waals surface area contributed by atoms with Crippen LogP contribution in [0.1, 0.15) is 28.7 Å². The van der Waals surface area contributed by atoms with Crippen molar-refractivity contribution in [3.8, 4) is 16.9 Å². The number of amides is 1. The van der Waals surface area contributed by atoms with Gasteiger partial charge in [0.25, 0.3) is 0 Å². The molecule has 0 saturated carbocycles. The third kappa shape index (κ3) is 5.70. The Bertz CT molecular complexity index is 1170. The lowest BCUT2D eigenvalue weighted by atomic mass is 9.98. The Morgan fingerprint density at radius 1 is 1.00 bits per heavy atom. The first-order valence-corrected chi connectivity index (χ1v) is 11.0. The van der Waals surface area contributed by atoms with E-state index in [0.29, 0.717) is 0 Å². The van der Waals surface area contributed by atoms with Crippen LogP contribution in [0.15, 0.2) is 66.7 Å². The quantitative estimate of drug-likeness (QED) is 0.410. The molecule has 1 aliphatic rings. The highest BCUT2D eigenvalue weighted by Crippen LogP contribution is 2.44. The Kier molecular flexibility index (Phi) is 7.20. The molecule has 2 unspecified atom stereocenters. The van der Waals surface area contributed by atoms with Crippen LogP contribution in [0.4, 0.5) is 18.0 Å². The Morgan fingerprint density at radius 3 is 2.17 bits per heavy atom. The number of ether oxygens (including phenoxy) is 2. The first kappa shape index (κ1) is 24.8. The topological polar surface area (TPSA) is 88.0 Å². The summed E-state index contributed by atoms with van der Waals surface area (Å²) in [4.78, 5) is 12.2. The summed E-state index contributed by atoms with van der Waals surface area (Å²) in [7, 11) is 0. The van der Waals surface area contributed by atoms with Crippen LogP contribution in [0, 0.1) is 0 Å². The third-order valence-corrected chi connectivity index (χ3v) is 5.98. The smallest absolute Gasteiger partial charge is 0.449 e. The number of nitrogens with one attached hydrogen (secondary N) is 1. The SMILES string of the molecule is O=C(NCC(O)C(O)c1ccc(OC(F)(F)F)c(Cl)c1)OCC1c2ccccc2-c2ccccc21. The van der Waals surface area contributed by atoms with Gasteiger partial charge >= 0.3 is 12.5 Å². The monoisotopic (exact) mass is 507 g/mol. The van der Waals surface area contributed by atoms with Gasteiger partial charge in [0.1, 0.15) is 24.6 Å². The van der Waals surface area contributed by atoms with E-state index in [4.69, 9.17) is 16.3 Å². The minimum atomic E-state index is -4.92. The zero-order valence-corrected chi connectivity index (χ0v) is 18.9. The molecule has 0 radical (unpaired) electrons. The van der Waals surface area contributed by atoms with E-state index >= 15 is 0 Å². The fourth-order valence-electron chi connectivity index (χ4n) is 4.08. The van der Waals surface area contributed by atoms with Crippen molar-refractivity contribution in [1.29, 1.82) is 0 Å². The van der Waals surface area contributed by atoms with Gasteiger partial charge in [-0.2, -0.15) is 0 Å². The molecule has 3 aromatic carbocycles. The van der Waals surface area contributed by atoms with Crippen molar-refractivity contribution < 1.29 is 37.7 Å². The number of alkyl halides is 3. The summed E-state index contributed by atoms with van der Waals surface area (Å²) in [5, 5.41) is 22.5. The Hall–Kier alpha value is -3.27. The van der Waals surface area contributed by atoms with Crippen LogP contribution in [0.2, 0.25) is 5.02 Å². The molecule has 0 aliphatic heterocycles. The molecule has 3 N–H and O–H groups in total. The summed E-state index contributed by atoms with van der Waals surface area (Å²) >= 11 is 5.78. The molecule has 0 saturated heterocycles. The van der Waals surface area contributed by atoms with Crippen molar-refractivity contribution in [3.63, 3.8) is 0 Å². The summed E-state index contributed by atoms with van der Waals surface area (Å²) in [5.41, 5.74) is 4.31.